The number of hydrogen-bond acceptors (Lipinski definition) is 4. The van der Waals surface area contributed by atoms with Gasteiger partial charge >= 0.3 is 0 Å². The lowest BCUT2D eigenvalue weighted by Crippen LogP contribution is -2.36. The summed E-state index contributed by atoms with van der Waals surface area (Å²) in [5, 5.41) is 2.77. The number of carbonyl (C=O) groups is 1. The van der Waals surface area contributed by atoms with Crippen LogP contribution in [-0.4, -0.2) is 36.0 Å². The van der Waals surface area contributed by atoms with Gasteiger partial charge in [0, 0.05) is 19.8 Å². The molecule has 1 aromatic rings. The maximum atomic E-state index is 11.3. The van der Waals surface area contributed by atoms with E-state index in [1.54, 1.807) is 19.3 Å². The summed E-state index contributed by atoms with van der Waals surface area (Å²) in [5.74, 6) is 0.619. The number of likely N-dealkylation sites (N-methyl/N-ethyl adjacent to an activating group) is 1. The first kappa shape index (κ1) is 12.7. The van der Waals surface area contributed by atoms with Crippen molar-refractivity contribution in [3.05, 3.63) is 17.5 Å². The molecular weight excluding hydrogens is 228 g/mol. The molecular formula is C10H15ClN4O. The van der Waals surface area contributed by atoms with Gasteiger partial charge in [-0.2, -0.15) is 0 Å². The highest BCUT2D eigenvalue weighted by molar-refractivity contribution is 6.28. The van der Waals surface area contributed by atoms with Crippen LogP contribution in [0.25, 0.3) is 0 Å². The fourth-order valence-electron chi connectivity index (χ4n) is 1.30. The Labute approximate surface area is 99.8 Å². The second-order valence-electron chi connectivity index (χ2n) is 3.28. The Bertz CT molecular complexity index is 358. The van der Waals surface area contributed by atoms with E-state index in [2.05, 4.69) is 15.3 Å². The summed E-state index contributed by atoms with van der Waals surface area (Å²) in [6, 6.07) is 1.74. The van der Waals surface area contributed by atoms with Gasteiger partial charge in [0.15, 0.2) is 0 Å². The van der Waals surface area contributed by atoms with E-state index < -0.39 is 0 Å². The molecule has 6 heteroatoms. The summed E-state index contributed by atoms with van der Waals surface area (Å²) in [6.07, 6.45) is 2.51. The number of anilines is 1. The predicted molar refractivity (Wildman–Crippen MR) is 63.6 cm³/mol. The van der Waals surface area contributed by atoms with Crippen LogP contribution >= 0.6 is 11.6 Å². The fourth-order valence-corrected chi connectivity index (χ4v) is 1.44. The van der Waals surface area contributed by atoms with Crippen LogP contribution in [-0.2, 0) is 4.79 Å². The third-order valence-corrected chi connectivity index (χ3v) is 2.22. The van der Waals surface area contributed by atoms with Crippen molar-refractivity contribution >= 4 is 23.3 Å². The van der Waals surface area contributed by atoms with E-state index in [1.807, 2.05) is 11.8 Å². The van der Waals surface area contributed by atoms with Crippen LogP contribution in [0.3, 0.4) is 0 Å². The molecule has 16 heavy (non-hydrogen) atoms. The number of rotatable bonds is 5. The molecule has 0 aliphatic carbocycles. The average molecular weight is 243 g/mol. The van der Waals surface area contributed by atoms with Crippen molar-refractivity contribution in [3.8, 4) is 0 Å². The van der Waals surface area contributed by atoms with Crippen molar-refractivity contribution in [2.45, 2.75) is 13.3 Å². The van der Waals surface area contributed by atoms with Crippen molar-refractivity contribution in [2.75, 3.05) is 25.0 Å². The molecule has 0 unspecified atom stereocenters. The van der Waals surface area contributed by atoms with Gasteiger partial charge < -0.3 is 10.2 Å². The van der Waals surface area contributed by atoms with E-state index in [9.17, 15) is 4.79 Å². The third-order valence-electron chi connectivity index (χ3n) is 2.04. The van der Waals surface area contributed by atoms with E-state index in [4.69, 9.17) is 11.6 Å². The van der Waals surface area contributed by atoms with Crippen LogP contribution in [0.5, 0.6) is 0 Å². The first-order valence-electron chi connectivity index (χ1n) is 5.11. The fraction of sp³-hybridized carbons (Fsp3) is 0.500. The van der Waals surface area contributed by atoms with Crippen LogP contribution in [0.15, 0.2) is 12.3 Å². The first-order chi connectivity index (χ1) is 7.67. The van der Waals surface area contributed by atoms with Gasteiger partial charge in [0.1, 0.15) is 5.82 Å². The molecule has 0 aliphatic heterocycles. The maximum absolute atomic E-state index is 11.3. The molecule has 0 saturated carbocycles. The van der Waals surface area contributed by atoms with E-state index in [0.717, 1.165) is 13.0 Å². The Balaban J connectivity index is 2.80. The molecule has 1 aromatic heterocycles. The van der Waals surface area contributed by atoms with Crippen molar-refractivity contribution in [1.29, 1.82) is 0 Å². The predicted octanol–water partition coefficient (Wildman–Crippen LogP) is 1.09. The minimum Gasteiger partial charge on any atom is -0.358 e. The smallest absolute Gasteiger partial charge is 0.239 e. The van der Waals surface area contributed by atoms with Gasteiger partial charge in [0.2, 0.25) is 11.2 Å². The molecule has 0 bridgehead atoms. The highest BCUT2D eigenvalue weighted by atomic mass is 35.5. The summed E-state index contributed by atoms with van der Waals surface area (Å²) in [6.45, 7) is 3.07. The molecule has 1 rings (SSSR count). The van der Waals surface area contributed by atoms with Crippen molar-refractivity contribution < 1.29 is 4.79 Å². The molecule has 0 aliphatic rings. The van der Waals surface area contributed by atoms with Gasteiger partial charge in [-0.15, -0.1) is 0 Å². The molecule has 5 nitrogen and oxygen atoms in total. The Morgan fingerprint density at radius 3 is 2.94 bits per heavy atom. The Kier molecular flexibility index (Phi) is 4.98. The molecule has 0 aromatic carbocycles. The molecule has 1 N–H and O–H groups in total. The molecule has 1 amide bonds. The second-order valence-corrected chi connectivity index (χ2v) is 3.62. The Hall–Kier alpha value is -1.36. The minimum atomic E-state index is -0.0526. The van der Waals surface area contributed by atoms with Gasteiger partial charge in [0.25, 0.3) is 0 Å². The summed E-state index contributed by atoms with van der Waals surface area (Å²) in [4.78, 5) is 21.1. The second kappa shape index (κ2) is 6.27. The van der Waals surface area contributed by atoms with Crippen LogP contribution in [0, 0.1) is 0 Å². The highest BCUT2D eigenvalue weighted by Gasteiger charge is 2.11. The van der Waals surface area contributed by atoms with Crippen LogP contribution < -0.4 is 10.2 Å². The van der Waals surface area contributed by atoms with Crippen molar-refractivity contribution in [2.24, 2.45) is 0 Å². The molecule has 0 fully saturated rings. The standard InChI is InChI=1S/C10H15ClN4O/c1-3-6-15(7-9(16)12-2)8-4-5-13-10(11)14-8/h4-5H,3,6-7H2,1-2H3,(H,12,16). The lowest BCUT2D eigenvalue weighted by molar-refractivity contribution is -0.119. The van der Waals surface area contributed by atoms with E-state index in [1.165, 1.54) is 0 Å². The van der Waals surface area contributed by atoms with Crippen molar-refractivity contribution in [1.82, 2.24) is 15.3 Å². The SMILES string of the molecule is CCCN(CC(=O)NC)c1ccnc(Cl)n1. The Morgan fingerprint density at radius 2 is 2.38 bits per heavy atom. The number of halogens is 1. The largest absolute Gasteiger partial charge is 0.358 e. The van der Waals surface area contributed by atoms with Gasteiger partial charge in [0.05, 0.1) is 6.54 Å². The lowest BCUT2D eigenvalue weighted by Gasteiger charge is -2.21. The number of nitrogens with one attached hydrogen (secondary N) is 1. The molecule has 1 heterocycles. The van der Waals surface area contributed by atoms with Crippen molar-refractivity contribution in [3.63, 3.8) is 0 Å². The van der Waals surface area contributed by atoms with Gasteiger partial charge in [-0.1, -0.05) is 6.92 Å². The zero-order chi connectivity index (χ0) is 12.0. The molecule has 0 spiro atoms. The zero-order valence-electron chi connectivity index (χ0n) is 9.40. The van der Waals surface area contributed by atoms with Gasteiger partial charge in [-0.3, -0.25) is 4.79 Å². The molecule has 0 atom stereocenters. The highest BCUT2D eigenvalue weighted by Crippen LogP contribution is 2.12. The normalized spacial score (nSPS) is 9.94. The molecule has 0 saturated heterocycles. The monoisotopic (exact) mass is 242 g/mol. The summed E-state index contributed by atoms with van der Waals surface area (Å²) < 4.78 is 0. The van der Waals surface area contributed by atoms with E-state index >= 15 is 0 Å². The van der Waals surface area contributed by atoms with Gasteiger partial charge in [-0.05, 0) is 24.1 Å². The first-order valence-corrected chi connectivity index (χ1v) is 5.49. The summed E-state index contributed by atoms with van der Waals surface area (Å²) >= 11 is 5.71. The average Bonchev–Trinajstić information content (AvgIpc) is 2.28. The van der Waals surface area contributed by atoms with E-state index in [0.29, 0.717) is 5.82 Å². The Morgan fingerprint density at radius 1 is 1.62 bits per heavy atom. The number of hydrogen-bond donors (Lipinski definition) is 1. The summed E-state index contributed by atoms with van der Waals surface area (Å²) in [5.41, 5.74) is 0. The number of carbonyl (C=O) groups excluding carboxylic acids is 1. The van der Waals surface area contributed by atoms with Crippen LogP contribution in [0.2, 0.25) is 5.28 Å². The topological polar surface area (TPSA) is 58.1 Å². The van der Waals surface area contributed by atoms with Gasteiger partial charge in [-0.25, -0.2) is 9.97 Å². The zero-order valence-corrected chi connectivity index (χ0v) is 10.2. The minimum absolute atomic E-state index is 0.0526. The van der Waals surface area contributed by atoms with Crippen LogP contribution in [0.4, 0.5) is 5.82 Å². The third kappa shape index (κ3) is 3.66. The number of nitrogens with zero attached hydrogens (tertiary/aromatic N) is 3. The quantitative estimate of drug-likeness (QED) is 0.786. The number of aromatic nitrogens is 2. The summed E-state index contributed by atoms with van der Waals surface area (Å²) in [7, 11) is 1.61. The number of amides is 1. The molecule has 0 radical (unpaired) electrons. The molecule has 88 valence electrons. The maximum Gasteiger partial charge on any atom is 0.239 e. The van der Waals surface area contributed by atoms with Crippen LogP contribution in [0.1, 0.15) is 13.3 Å². The van der Waals surface area contributed by atoms with E-state index in [-0.39, 0.29) is 17.7 Å². The lowest BCUT2D eigenvalue weighted by atomic mass is 10.3.